The number of carbonyl (C=O) groups excluding carboxylic acids is 1. The summed E-state index contributed by atoms with van der Waals surface area (Å²) < 4.78 is 7.80. The van der Waals surface area contributed by atoms with Crippen LogP contribution in [0.3, 0.4) is 0 Å². The SMILES string of the molecule is CN(C)C(=O)c1ccc(Nc2nc3c(-c4ccc(C5OC5N5CCCCC5)cc4)cccn3n2)cc1. The maximum absolute atomic E-state index is 12.1. The summed E-state index contributed by atoms with van der Waals surface area (Å²) in [4.78, 5) is 20.9. The molecule has 1 amide bonds. The van der Waals surface area contributed by atoms with Gasteiger partial charge in [-0.25, -0.2) is 4.52 Å². The van der Waals surface area contributed by atoms with Crippen LogP contribution in [0.1, 0.15) is 41.3 Å². The van der Waals surface area contributed by atoms with Gasteiger partial charge in [0.05, 0.1) is 0 Å². The topological polar surface area (TPSA) is 78.3 Å². The number of hydrogen-bond acceptors (Lipinski definition) is 6. The van der Waals surface area contributed by atoms with E-state index in [0.29, 0.717) is 11.5 Å². The maximum Gasteiger partial charge on any atom is 0.253 e. The van der Waals surface area contributed by atoms with Crippen molar-refractivity contribution in [3.05, 3.63) is 78.0 Å². The van der Waals surface area contributed by atoms with Gasteiger partial charge in [-0.1, -0.05) is 30.7 Å². The zero-order chi connectivity index (χ0) is 24.6. The van der Waals surface area contributed by atoms with Gasteiger partial charge in [0.2, 0.25) is 5.95 Å². The normalized spacial score (nSPS) is 19.8. The van der Waals surface area contributed by atoms with Crippen molar-refractivity contribution in [1.82, 2.24) is 24.4 Å². The molecule has 0 saturated carbocycles. The molecule has 2 aliphatic rings. The lowest BCUT2D eigenvalue weighted by atomic mass is 10.0. The summed E-state index contributed by atoms with van der Waals surface area (Å²) in [6.07, 6.45) is 6.18. The second kappa shape index (κ2) is 9.37. The fourth-order valence-electron chi connectivity index (χ4n) is 4.92. The number of nitrogens with one attached hydrogen (secondary N) is 1. The Hall–Kier alpha value is -3.75. The van der Waals surface area contributed by atoms with Crippen molar-refractivity contribution < 1.29 is 9.53 Å². The smallest absolute Gasteiger partial charge is 0.253 e. The van der Waals surface area contributed by atoms with Gasteiger partial charge >= 0.3 is 0 Å². The van der Waals surface area contributed by atoms with E-state index in [1.165, 1.54) is 24.8 Å². The first-order valence-electron chi connectivity index (χ1n) is 12.5. The molecule has 0 bridgehead atoms. The Morgan fingerprint density at radius 2 is 1.75 bits per heavy atom. The fraction of sp³-hybridized carbons (Fsp3) is 0.321. The monoisotopic (exact) mass is 482 g/mol. The number of rotatable bonds is 6. The van der Waals surface area contributed by atoms with E-state index in [1.54, 1.807) is 35.6 Å². The molecule has 36 heavy (non-hydrogen) atoms. The van der Waals surface area contributed by atoms with Gasteiger partial charge in [-0.2, -0.15) is 4.98 Å². The number of nitrogens with zero attached hydrogens (tertiary/aromatic N) is 5. The lowest BCUT2D eigenvalue weighted by Crippen LogP contribution is -2.32. The molecule has 0 radical (unpaired) electrons. The van der Waals surface area contributed by atoms with Crippen LogP contribution in [0.4, 0.5) is 11.6 Å². The summed E-state index contributed by atoms with van der Waals surface area (Å²) in [5, 5.41) is 7.84. The van der Waals surface area contributed by atoms with E-state index in [4.69, 9.17) is 9.72 Å². The molecule has 2 saturated heterocycles. The van der Waals surface area contributed by atoms with E-state index in [9.17, 15) is 4.79 Å². The van der Waals surface area contributed by atoms with Gasteiger partial charge in [0.25, 0.3) is 5.91 Å². The van der Waals surface area contributed by atoms with E-state index in [-0.39, 0.29) is 18.2 Å². The third-order valence-corrected chi connectivity index (χ3v) is 6.93. The summed E-state index contributed by atoms with van der Waals surface area (Å²) in [5.41, 5.74) is 5.56. The summed E-state index contributed by atoms with van der Waals surface area (Å²) in [7, 11) is 3.48. The molecule has 8 heteroatoms. The van der Waals surface area contributed by atoms with Crippen molar-refractivity contribution >= 4 is 23.2 Å². The molecule has 2 fully saturated rings. The van der Waals surface area contributed by atoms with E-state index < -0.39 is 0 Å². The van der Waals surface area contributed by atoms with Gasteiger partial charge in [-0.15, -0.1) is 5.10 Å². The molecule has 2 aromatic heterocycles. The molecular weight excluding hydrogens is 452 g/mol. The van der Waals surface area contributed by atoms with Crippen LogP contribution in [0, 0.1) is 0 Å². The van der Waals surface area contributed by atoms with Crippen molar-refractivity contribution in [2.45, 2.75) is 31.6 Å². The Morgan fingerprint density at radius 3 is 2.47 bits per heavy atom. The van der Waals surface area contributed by atoms with Gasteiger partial charge < -0.3 is 15.0 Å². The molecule has 0 aliphatic carbocycles. The first-order chi connectivity index (χ1) is 17.6. The molecule has 0 spiro atoms. The maximum atomic E-state index is 12.1. The average Bonchev–Trinajstić information content (AvgIpc) is 3.61. The van der Waals surface area contributed by atoms with Crippen LogP contribution in [0.15, 0.2) is 66.9 Å². The number of fused-ring (bicyclic) bond motifs is 1. The van der Waals surface area contributed by atoms with Crippen LogP contribution in [0.25, 0.3) is 16.8 Å². The quantitative estimate of drug-likeness (QED) is 0.401. The zero-order valence-corrected chi connectivity index (χ0v) is 20.6. The van der Waals surface area contributed by atoms with Gasteiger partial charge in [0, 0.05) is 50.2 Å². The minimum atomic E-state index is -0.0293. The number of anilines is 2. The Labute approximate surface area is 210 Å². The predicted molar refractivity (Wildman–Crippen MR) is 139 cm³/mol. The van der Waals surface area contributed by atoms with Crippen LogP contribution in [0.2, 0.25) is 0 Å². The van der Waals surface area contributed by atoms with Gasteiger partial charge in [-0.3, -0.25) is 9.69 Å². The molecule has 2 aromatic carbocycles. The predicted octanol–water partition coefficient (Wildman–Crippen LogP) is 4.73. The number of ether oxygens (including phenoxy) is 1. The Kier molecular flexibility index (Phi) is 5.91. The lowest BCUT2D eigenvalue weighted by Gasteiger charge is -2.24. The van der Waals surface area contributed by atoms with E-state index in [0.717, 1.165) is 35.6 Å². The Bertz CT molecular complexity index is 1370. The minimum absolute atomic E-state index is 0.0293. The number of aromatic nitrogens is 3. The zero-order valence-electron chi connectivity index (χ0n) is 20.6. The highest BCUT2D eigenvalue weighted by Crippen LogP contribution is 2.42. The van der Waals surface area contributed by atoms with Crippen molar-refractivity contribution in [3.8, 4) is 11.1 Å². The molecule has 6 rings (SSSR count). The van der Waals surface area contributed by atoms with Crippen LogP contribution in [0.5, 0.6) is 0 Å². The van der Waals surface area contributed by atoms with E-state index in [1.807, 2.05) is 24.4 Å². The second-order valence-electron chi connectivity index (χ2n) is 9.69. The number of hydrogen-bond donors (Lipinski definition) is 1. The molecule has 4 heterocycles. The highest BCUT2D eigenvalue weighted by Gasteiger charge is 2.44. The number of epoxide rings is 1. The number of pyridine rings is 1. The molecule has 184 valence electrons. The van der Waals surface area contributed by atoms with Crippen molar-refractivity contribution in [3.63, 3.8) is 0 Å². The lowest BCUT2D eigenvalue weighted by molar-refractivity contribution is 0.0827. The van der Waals surface area contributed by atoms with Crippen LogP contribution in [-0.2, 0) is 4.74 Å². The fourth-order valence-corrected chi connectivity index (χ4v) is 4.92. The van der Waals surface area contributed by atoms with Crippen molar-refractivity contribution in [1.29, 1.82) is 0 Å². The first kappa shape index (κ1) is 22.7. The standard InChI is InChI=1S/C28H30N6O2/c1-32(2)26(35)21-12-14-22(15-13-21)29-28-30-25-23(7-6-18-34(25)31-28)19-8-10-20(11-9-19)24-27(36-24)33-16-4-3-5-17-33/h6-15,18,24,27H,3-5,16-17H2,1-2H3,(H,29,31). The highest BCUT2D eigenvalue weighted by molar-refractivity contribution is 5.94. The van der Waals surface area contributed by atoms with Gasteiger partial charge in [-0.05, 0) is 60.4 Å². The number of carbonyl (C=O) groups is 1. The molecule has 1 N–H and O–H groups in total. The molecule has 8 nitrogen and oxygen atoms in total. The highest BCUT2D eigenvalue weighted by atomic mass is 16.6. The summed E-state index contributed by atoms with van der Waals surface area (Å²) in [6, 6.07) is 20.0. The average molecular weight is 483 g/mol. The molecule has 2 atom stereocenters. The van der Waals surface area contributed by atoms with Crippen LogP contribution < -0.4 is 5.32 Å². The largest absolute Gasteiger partial charge is 0.348 e. The molecule has 2 aliphatic heterocycles. The Morgan fingerprint density at radius 1 is 1.00 bits per heavy atom. The van der Waals surface area contributed by atoms with E-state index in [2.05, 4.69) is 45.6 Å². The molecule has 4 aromatic rings. The number of amides is 1. The summed E-state index contributed by atoms with van der Waals surface area (Å²) in [5.74, 6) is 0.472. The second-order valence-corrected chi connectivity index (χ2v) is 9.69. The van der Waals surface area contributed by atoms with Gasteiger partial charge in [0.1, 0.15) is 12.3 Å². The molecular formula is C28H30N6O2. The van der Waals surface area contributed by atoms with Crippen molar-refractivity contribution in [2.75, 3.05) is 32.5 Å². The number of benzene rings is 2. The first-order valence-corrected chi connectivity index (χ1v) is 12.5. The van der Waals surface area contributed by atoms with Gasteiger partial charge in [0.15, 0.2) is 5.65 Å². The number of piperidine rings is 1. The third kappa shape index (κ3) is 4.45. The summed E-state index contributed by atoms with van der Waals surface area (Å²) >= 11 is 0. The minimum Gasteiger partial charge on any atom is -0.348 e. The van der Waals surface area contributed by atoms with E-state index >= 15 is 0 Å². The summed E-state index contributed by atoms with van der Waals surface area (Å²) in [6.45, 7) is 2.28. The number of likely N-dealkylation sites (tertiary alicyclic amines) is 1. The Balaban J connectivity index is 1.19. The van der Waals surface area contributed by atoms with Crippen LogP contribution >= 0.6 is 0 Å². The van der Waals surface area contributed by atoms with Crippen molar-refractivity contribution in [2.24, 2.45) is 0 Å². The third-order valence-electron chi connectivity index (χ3n) is 6.93. The van der Waals surface area contributed by atoms with Crippen LogP contribution in [-0.4, -0.2) is 63.7 Å². The molecule has 2 unspecified atom stereocenters.